The molecule has 0 aliphatic rings. The minimum Gasteiger partial charge on any atom is -0.323 e. The molecular formula is C20H20ClN5S. The van der Waals surface area contributed by atoms with Crippen molar-refractivity contribution >= 4 is 34.4 Å². The van der Waals surface area contributed by atoms with Crippen molar-refractivity contribution in [1.29, 1.82) is 0 Å². The molecule has 2 aromatic carbocycles. The quantitative estimate of drug-likeness (QED) is 0.440. The fourth-order valence-electron chi connectivity index (χ4n) is 3.03. The van der Waals surface area contributed by atoms with E-state index in [1.54, 1.807) is 11.8 Å². The summed E-state index contributed by atoms with van der Waals surface area (Å²) in [5, 5.41) is 8.76. The molecule has 0 saturated heterocycles. The van der Waals surface area contributed by atoms with Gasteiger partial charge in [-0.2, -0.15) is 0 Å². The lowest BCUT2D eigenvalue weighted by atomic mass is 10.2. The summed E-state index contributed by atoms with van der Waals surface area (Å²) >= 11 is 7.76. The van der Waals surface area contributed by atoms with Crippen LogP contribution < -0.4 is 0 Å². The van der Waals surface area contributed by atoms with Crippen molar-refractivity contribution in [2.24, 2.45) is 0 Å². The van der Waals surface area contributed by atoms with E-state index in [9.17, 15) is 0 Å². The van der Waals surface area contributed by atoms with Crippen molar-refractivity contribution in [3.8, 4) is 0 Å². The molecule has 0 aliphatic carbocycles. The fraction of sp³-hybridized carbons (Fsp3) is 0.250. The summed E-state index contributed by atoms with van der Waals surface area (Å²) in [5.41, 5.74) is 3.23. The van der Waals surface area contributed by atoms with Crippen LogP contribution in [0.5, 0.6) is 0 Å². The minimum absolute atomic E-state index is 0.697. The molecule has 27 heavy (non-hydrogen) atoms. The van der Waals surface area contributed by atoms with Crippen LogP contribution in [0.3, 0.4) is 0 Å². The molecule has 4 aromatic rings. The molecule has 138 valence electrons. The van der Waals surface area contributed by atoms with Gasteiger partial charge in [-0.1, -0.05) is 60.6 Å². The lowest BCUT2D eigenvalue weighted by molar-refractivity contribution is 0.779. The van der Waals surface area contributed by atoms with E-state index in [2.05, 4.69) is 50.9 Å². The van der Waals surface area contributed by atoms with E-state index in [1.807, 2.05) is 24.3 Å². The summed E-state index contributed by atoms with van der Waals surface area (Å²) in [6.45, 7) is 2.90. The molecule has 0 unspecified atom stereocenters. The van der Waals surface area contributed by atoms with E-state index in [1.165, 1.54) is 5.56 Å². The first-order chi connectivity index (χ1) is 13.2. The monoisotopic (exact) mass is 397 g/mol. The molecule has 0 aliphatic heterocycles. The average molecular weight is 398 g/mol. The number of H-pyrrole nitrogens is 1. The second kappa shape index (κ2) is 8.15. The van der Waals surface area contributed by atoms with Gasteiger partial charge >= 0.3 is 0 Å². The number of hydrogen-bond donors (Lipinski definition) is 1. The summed E-state index contributed by atoms with van der Waals surface area (Å²) in [5.74, 6) is 2.62. The van der Waals surface area contributed by atoms with Gasteiger partial charge in [-0.05, 0) is 30.2 Å². The molecule has 0 amide bonds. The Balaban J connectivity index is 1.62. The van der Waals surface area contributed by atoms with E-state index in [-0.39, 0.29) is 0 Å². The van der Waals surface area contributed by atoms with Gasteiger partial charge in [0.05, 0.1) is 16.8 Å². The van der Waals surface area contributed by atoms with Gasteiger partial charge in [0, 0.05) is 18.0 Å². The lowest BCUT2D eigenvalue weighted by Gasteiger charge is -2.09. The largest absolute Gasteiger partial charge is 0.323 e. The Morgan fingerprint density at radius 3 is 2.78 bits per heavy atom. The molecule has 2 aromatic heterocycles. The van der Waals surface area contributed by atoms with Gasteiger partial charge in [0.25, 0.3) is 0 Å². The topological polar surface area (TPSA) is 59.4 Å². The second-order valence-corrected chi connectivity index (χ2v) is 7.72. The molecular weight excluding hydrogens is 378 g/mol. The lowest BCUT2D eigenvalue weighted by Crippen LogP contribution is -2.04. The zero-order valence-electron chi connectivity index (χ0n) is 15.0. The number of rotatable bonds is 7. The van der Waals surface area contributed by atoms with E-state index >= 15 is 0 Å². The number of nitrogens with zero attached hydrogens (tertiary/aromatic N) is 4. The molecule has 5 nitrogen and oxygen atoms in total. The maximum Gasteiger partial charge on any atom is 0.208 e. The van der Waals surface area contributed by atoms with Gasteiger partial charge < -0.3 is 4.57 Å². The van der Waals surface area contributed by atoms with Crippen LogP contribution in [0.2, 0.25) is 5.02 Å². The van der Waals surface area contributed by atoms with Crippen LogP contribution in [0.15, 0.2) is 53.7 Å². The zero-order valence-corrected chi connectivity index (χ0v) is 16.6. The number of aromatic nitrogens is 5. The highest BCUT2D eigenvalue weighted by Gasteiger charge is 2.13. The molecule has 7 heteroatoms. The third kappa shape index (κ3) is 4.17. The van der Waals surface area contributed by atoms with Gasteiger partial charge in [0.2, 0.25) is 5.16 Å². The molecule has 0 radical (unpaired) electrons. The second-order valence-electron chi connectivity index (χ2n) is 6.34. The van der Waals surface area contributed by atoms with Crippen LogP contribution in [-0.4, -0.2) is 24.7 Å². The Hall–Kier alpha value is -2.31. The first-order valence-corrected chi connectivity index (χ1v) is 10.3. The van der Waals surface area contributed by atoms with Gasteiger partial charge in [-0.25, -0.2) is 9.97 Å². The summed E-state index contributed by atoms with van der Waals surface area (Å²) in [7, 11) is 0. The first kappa shape index (κ1) is 18.1. The Kier molecular flexibility index (Phi) is 5.45. The van der Waals surface area contributed by atoms with Gasteiger partial charge in [-0.15, -0.1) is 5.10 Å². The maximum atomic E-state index is 6.17. The van der Waals surface area contributed by atoms with E-state index in [0.717, 1.165) is 47.2 Å². The number of thioether (sulfide) groups is 1. The van der Waals surface area contributed by atoms with E-state index < -0.39 is 0 Å². The normalized spacial score (nSPS) is 11.3. The standard InChI is InChI=1S/C20H20ClN5S/c1-2-6-18-23-20(25-24-18)27-13-19-22-16-11-15(21)9-10-17(16)26(19)12-14-7-4-3-5-8-14/h3-5,7-11H,2,6,12-13H2,1H3,(H,23,24,25). The summed E-state index contributed by atoms with van der Waals surface area (Å²) < 4.78 is 2.24. The maximum absolute atomic E-state index is 6.17. The highest BCUT2D eigenvalue weighted by atomic mass is 35.5. The smallest absolute Gasteiger partial charge is 0.208 e. The highest BCUT2D eigenvalue weighted by Crippen LogP contribution is 2.26. The van der Waals surface area contributed by atoms with E-state index in [4.69, 9.17) is 16.6 Å². The number of aromatic amines is 1. The number of halogens is 1. The van der Waals surface area contributed by atoms with Gasteiger partial charge in [0.15, 0.2) is 0 Å². The zero-order chi connectivity index (χ0) is 18.6. The van der Waals surface area contributed by atoms with Crippen molar-refractivity contribution in [3.63, 3.8) is 0 Å². The molecule has 2 heterocycles. The van der Waals surface area contributed by atoms with Crippen molar-refractivity contribution < 1.29 is 0 Å². The van der Waals surface area contributed by atoms with Crippen molar-refractivity contribution in [3.05, 3.63) is 70.8 Å². The summed E-state index contributed by atoms with van der Waals surface area (Å²) in [4.78, 5) is 9.35. The van der Waals surface area contributed by atoms with Crippen LogP contribution in [0.1, 0.15) is 30.6 Å². The first-order valence-electron chi connectivity index (χ1n) is 8.95. The van der Waals surface area contributed by atoms with Crippen molar-refractivity contribution in [2.45, 2.75) is 37.2 Å². The molecule has 1 N–H and O–H groups in total. The number of nitrogens with one attached hydrogen (secondary N) is 1. The predicted molar refractivity (Wildman–Crippen MR) is 110 cm³/mol. The minimum atomic E-state index is 0.697. The van der Waals surface area contributed by atoms with Crippen LogP contribution in [0.25, 0.3) is 11.0 Å². The Morgan fingerprint density at radius 1 is 1.11 bits per heavy atom. The van der Waals surface area contributed by atoms with Crippen LogP contribution in [0.4, 0.5) is 0 Å². The number of imidazole rings is 1. The predicted octanol–water partition coefficient (Wildman–Crippen LogP) is 5.10. The Bertz CT molecular complexity index is 1040. The Morgan fingerprint density at radius 2 is 1.96 bits per heavy atom. The Labute approximate surface area is 167 Å². The highest BCUT2D eigenvalue weighted by molar-refractivity contribution is 7.98. The summed E-state index contributed by atoms with van der Waals surface area (Å²) in [6, 6.07) is 16.3. The average Bonchev–Trinajstić information content (AvgIpc) is 3.25. The van der Waals surface area contributed by atoms with Crippen molar-refractivity contribution in [2.75, 3.05) is 0 Å². The number of fused-ring (bicyclic) bond motifs is 1. The fourth-order valence-corrected chi connectivity index (χ4v) is 3.96. The third-order valence-electron chi connectivity index (χ3n) is 4.30. The van der Waals surface area contributed by atoms with Gasteiger partial charge in [-0.3, -0.25) is 5.10 Å². The SMILES string of the molecule is CCCc1nc(SCc2nc3cc(Cl)ccc3n2Cc2ccccc2)n[nH]1. The van der Waals surface area contributed by atoms with E-state index in [0.29, 0.717) is 10.8 Å². The molecule has 0 fully saturated rings. The third-order valence-corrected chi connectivity index (χ3v) is 5.38. The molecule has 0 bridgehead atoms. The molecule has 0 spiro atoms. The summed E-state index contributed by atoms with van der Waals surface area (Å²) in [6.07, 6.45) is 1.96. The van der Waals surface area contributed by atoms with Crippen LogP contribution in [-0.2, 0) is 18.7 Å². The number of benzene rings is 2. The van der Waals surface area contributed by atoms with Crippen LogP contribution in [0, 0.1) is 0 Å². The van der Waals surface area contributed by atoms with Crippen molar-refractivity contribution in [1.82, 2.24) is 24.7 Å². The number of hydrogen-bond acceptors (Lipinski definition) is 4. The van der Waals surface area contributed by atoms with Crippen LogP contribution >= 0.6 is 23.4 Å². The van der Waals surface area contributed by atoms with Gasteiger partial charge in [0.1, 0.15) is 11.6 Å². The molecule has 0 saturated carbocycles. The molecule has 4 rings (SSSR count). The number of aryl methyl sites for hydroxylation is 1. The molecule has 0 atom stereocenters.